The smallest absolute Gasteiger partial charge is 0.272 e. The molecule has 1 amide bonds. The van der Waals surface area contributed by atoms with Crippen molar-refractivity contribution in [1.29, 1.82) is 0 Å². The Morgan fingerprint density at radius 3 is 2.50 bits per heavy atom. The van der Waals surface area contributed by atoms with Gasteiger partial charge in [-0.25, -0.2) is 9.37 Å². The number of amides is 1. The fourth-order valence-electron chi connectivity index (χ4n) is 3.40. The Morgan fingerprint density at radius 1 is 1.11 bits per heavy atom. The number of carbonyl (C=O) groups is 1. The van der Waals surface area contributed by atoms with Gasteiger partial charge in [0.1, 0.15) is 11.5 Å². The third-order valence-corrected chi connectivity index (χ3v) is 5.51. The van der Waals surface area contributed by atoms with Crippen molar-refractivity contribution in [2.24, 2.45) is 0 Å². The Bertz CT molecular complexity index is 1010. The molecule has 142 valence electrons. The van der Waals surface area contributed by atoms with E-state index < -0.39 is 0 Å². The summed E-state index contributed by atoms with van der Waals surface area (Å²) in [5.74, 6) is -0.377. The first-order chi connectivity index (χ1) is 13.7. The number of hydrogen-bond acceptors (Lipinski definition) is 3. The zero-order chi connectivity index (χ0) is 19.5. The van der Waals surface area contributed by atoms with Crippen LogP contribution in [-0.4, -0.2) is 39.7 Å². The number of aromatic nitrogens is 2. The van der Waals surface area contributed by atoms with Gasteiger partial charge in [0.25, 0.3) is 5.91 Å². The Morgan fingerprint density at radius 2 is 1.86 bits per heavy atom. The average Bonchev–Trinajstić information content (AvgIpc) is 3.18. The highest BCUT2D eigenvalue weighted by Crippen LogP contribution is 2.26. The first-order valence-electron chi connectivity index (χ1n) is 9.09. The van der Waals surface area contributed by atoms with Crippen LogP contribution in [-0.2, 0) is 0 Å². The van der Waals surface area contributed by atoms with Crippen LogP contribution < -0.4 is 0 Å². The molecule has 0 saturated carbocycles. The summed E-state index contributed by atoms with van der Waals surface area (Å²) in [6.45, 7) is 1.22. The molecule has 1 aliphatic heterocycles. The molecule has 3 aromatic rings. The zero-order valence-corrected chi connectivity index (χ0v) is 16.3. The van der Waals surface area contributed by atoms with E-state index >= 15 is 0 Å². The van der Waals surface area contributed by atoms with Crippen LogP contribution in [0.1, 0.15) is 22.5 Å². The molecular weight excluding hydrogens is 373 g/mol. The third-order valence-electron chi connectivity index (χ3n) is 4.86. The topological polar surface area (TPSA) is 38.1 Å². The van der Waals surface area contributed by atoms with E-state index in [0.717, 1.165) is 12.1 Å². The Labute approximate surface area is 167 Å². The molecule has 0 N–H and O–H groups in total. The molecule has 0 atom stereocenters. The van der Waals surface area contributed by atoms with Gasteiger partial charge in [-0.2, -0.15) is 0 Å². The van der Waals surface area contributed by atoms with Gasteiger partial charge in [-0.15, -0.1) is 0 Å². The third kappa shape index (κ3) is 3.60. The first-order valence-corrected chi connectivity index (χ1v) is 10.3. The van der Waals surface area contributed by atoms with Crippen LogP contribution in [0.4, 0.5) is 4.39 Å². The molecule has 0 unspecified atom stereocenters. The minimum absolute atomic E-state index is 0.0690. The van der Waals surface area contributed by atoms with Crippen molar-refractivity contribution in [3.05, 3.63) is 83.9 Å². The average molecular weight is 393 g/mol. The van der Waals surface area contributed by atoms with Gasteiger partial charge in [0, 0.05) is 18.8 Å². The minimum atomic E-state index is -0.308. The van der Waals surface area contributed by atoms with Gasteiger partial charge in [-0.05, 0) is 48.1 Å². The molecule has 0 bridgehead atoms. The maximum absolute atomic E-state index is 13.3. The van der Waals surface area contributed by atoms with E-state index in [1.54, 1.807) is 22.9 Å². The Kier molecular flexibility index (Phi) is 5.30. The van der Waals surface area contributed by atoms with E-state index in [4.69, 9.17) is 0 Å². The monoisotopic (exact) mass is 393 g/mol. The molecule has 2 aromatic carbocycles. The SMILES string of the molecule is CSc1ncc(C(=O)N2CC=C(c3ccccc3)CC2)n1-c1ccc(F)cc1. The number of thioether (sulfide) groups is 1. The zero-order valence-electron chi connectivity index (χ0n) is 15.5. The molecule has 2 heterocycles. The molecule has 0 fully saturated rings. The summed E-state index contributed by atoms with van der Waals surface area (Å²) < 4.78 is 15.1. The van der Waals surface area contributed by atoms with Crippen molar-refractivity contribution in [1.82, 2.24) is 14.5 Å². The molecular formula is C22H20FN3OS. The van der Waals surface area contributed by atoms with Gasteiger partial charge in [0.15, 0.2) is 5.16 Å². The second-order valence-electron chi connectivity index (χ2n) is 6.54. The second-order valence-corrected chi connectivity index (χ2v) is 7.31. The van der Waals surface area contributed by atoms with Gasteiger partial charge in [-0.3, -0.25) is 9.36 Å². The highest BCUT2D eigenvalue weighted by molar-refractivity contribution is 7.98. The molecule has 0 aliphatic carbocycles. The van der Waals surface area contributed by atoms with Crippen LogP contribution >= 0.6 is 11.8 Å². The summed E-state index contributed by atoms with van der Waals surface area (Å²) >= 11 is 1.45. The van der Waals surface area contributed by atoms with Gasteiger partial charge >= 0.3 is 0 Å². The highest BCUT2D eigenvalue weighted by Gasteiger charge is 2.24. The van der Waals surface area contributed by atoms with Crippen molar-refractivity contribution in [3.8, 4) is 5.69 Å². The Balaban J connectivity index is 1.60. The lowest BCUT2D eigenvalue weighted by Gasteiger charge is -2.27. The predicted molar refractivity (Wildman–Crippen MR) is 110 cm³/mol. The van der Waals surface area contributed by atoms with E-state index in [9.17, 15) is 9.18 Å². The van der Waals surface area contributed by atoms with Gasteiger partial charge in [0.2, 0.25) is 0 Å². The molecule has 1 aliphatic rings. The summed E-state index contributed by atoms with van der Waals surface area (Å²) in [5.41, 5.74) is 3.69. The number of carbonyl (C=O) groups excluding carboxylic acids is 1. The lowest BCUT2D eigenvalue weighted by atomic mass is 9.99. The predicted octanol–water partition coefficient (Wildman–Crippen LogP) is 4.66. The van der Waals surface area contributed by atoms with E-state index in [1.165, 1.54) is 35.0 Å². The lowest BCUT2D eigenvalue weighted by molar-refractivity contribution is 0.0764. The van der Waals surface area contributed by atoms with E-state index in [0.29, 0.717) is 23.9 Å². The second kappa shape index (κ2) is 8.02. The summed E-state index contributed by atoms with van der Waals surface area (Å²) in [7, 11) is 0. The summed E-state index contributed by atoms with van der Waals surface area (Å²) in [6, 6.07) is 16.4. The maximum atomic E-state index is 13.3. The Hall–Kier alpha value is -2.86. The van der Waals surface area contributed by atoms with E-state index in [1.807, 2.05) is 29.4 Å². The molecule has 4 rings (SSSR count). The first kappa shape index (κ1) is 18.5. The van der Waals surface area contributed by atoms with Crippen LogP contribution in [0.25, 0.3) is 11.3 Å². The number of rotatable bonds is 4. The fourth-order valence-corrected chi connectivity index (χ4v) is 3.94. The van der Waals surface area contributed by atoms with Crippen LogP contribution in [0, 0.1) is 5.82 Å². The fraction of sp³-hybridized carbons (Fsp3) is 0.182. The molecule has 0 radical (unpaired) electrons. The van der Waals surface area contributed by atoms with E-state index in [-0.39, 0.29) is 11.7 Å². The lowest BCUT2D eigenvalue weighted by Crippen LogP contribution is -2.35. The number of halogens is 1. The number of benzene rings is 2. The van der Waals surface area contributed by atoms with Crippen molar-refractivity contribution in [3.63, 3.8) is 0 Å². The van der Waals surface area contributed by atoms with E-state index in [2.05, 4.69) is 23.2 Å². The van der Waals surface area contributed by atoms with Gasteiger partial charge in [-0.1, -0.05) is 48.2 Å². The number of nitrogens with zero attached hydrogens (tertiary/aromatic N) is 3. The van der Waals surface area contributed by atoms with Crippen LogP contribution in [0.5, 0.6) is 0 Å². The molecule has 1 aromatic heterocycles. The summed E-state index contributed by atoms with van der Waals surface area (Å²) in [5, 5.41) is 0.701. The van der Waals surface area contributed by atoms with Crippen molar-refractivity contribution >= 4 is 23.2 Å². The van der Waals surface area contributed by atoms with Crippen molar-refractivity contribution in [2.75, 3.05) is 19.3 Å². The van der Waals surface area contributed by atoms with Gasteiger partial charge in [0.05, 0.1) is 6.20 Å². The van der Waals surface area contributed by atoms with Crippen molar-refractivity contribution in [2.45, 2.75) is 11.6 Å². The molecule has 0 spiro atoms. The normalized spacial score (nSPS) is 14.1. The van der Waals surface area contributed by atoms with Crippen LogP contribution in [0.2, 0.25) is 0 Å². The molecule has 0 saturated heterocycles. The highest BCUT2D eigenvalue weighted by atomic mass is 32.2. The molecule has 28 heavy (non-hydrogen) atoms. The van der Waals surface area contributed by atoms with Crippen LogP contribution in [0.15, 0.2) is 72.0 Å². The summed E-state index contributed by atoms with van der Waals surface area (Å²) in [6.07, 6.45) is 6.45. The quantitative estimate of drug-likeness (QED) is 0.605. The molecule has 6 heteroatoms. The van der Waals surface area contributed by atoms with Crippen molar-refractivity contribution < 1.29 is 9.18 Å². The summed E-state index contributed by atoms with van der Waals surface area (Å²) in [4.78, 5) is 19.4. The van der Waals surface area contributed by atoms with Crippen LogP contribution in [0.3, 0.4) is 0 Å². The van der Waals surface area contributed by atoms with Gasteiger partial charge < -0.3 is 4.90 Å². The number of hydrogen-bond donors (Lipinski definition) is 0. The standard InChI is InChI=1S/C22H20FN3OS/c1-28-22-24-15-20(26(22)19-9-7-18(23)8-10-19)21(27)25-13-11-17(12-14-25)16-5-3-2-4-6-16/h2-11,15H,12-14H2,1H3. The maximum Gasteiger partial charge on any atom is 0.272 e. The number of imidazole rings is 1. The minimum Gasteiger partial charge on any atom is -0.333 e. The molecule has 4 nitrogen and oxygen atoms in total. The largest absolute Gasteiger partial charge is 0.333 e.